The van der Waals surface area contributed by atoms with Gasteiger partial charge in [-0.25, -0.2) is 0 Å². The van der Waals surface area contributed by atoms with Gasteiger partial charge in [-0.05, 0) is 44.3 Å². The second-order valence-electron chi connectivity index (χ2n) is 5.76. The molecule has 0 amide bonds. The summed E-state index contributed by atoms with van der Waals surface area (Å²) in [6.07, 6.45) is 3.01. The molecule has 1 saturated heterocycles. The zero-order chi connectivity index (χ0) is 14.8. The Balaban J connectivity index is 1.87. The predicted molar refractivity (Wildman–Crippen MR) is 82.6 cm³/mol. The van der Waals surface area contributed by atoms with Gasteiger partial charge in [-0.1, -0.05) is 0 Å². The van der Waals surface area contributed by atoms with Gasteiger partial charge < -0.3 is 14.6 Å². The van der Waals surface area contributed by atoms with Gasteiger partial charge in [0.1, 0.15) is 0 Å². The lowest BCUT2D eigenvalue weighted by Crippen LogP contribution is -2.32. The van der Waals surface area contributed by atoms with E-state index in [1.165, 1.54) is 5.56 Å². The second-order valence-corrected chi connectivity index (χ2v) is 5.76. The Morgan fingerprint density at radius 2 is 2.29 bits per heavy atom. The van der Waals surface area contributed by atoms with Crippen LogP contribution in [0.25, 0.3) is 10.9 Å². The number of ketones is 1. The van der Waals surface area contributed by atoms with Gasteiger partial charge in [-0.2, -0.15) is 0 Å². The summed E-state index contributed by atoms with van der Waals surface area (Å²) >= 11 is 0. The van der Waals surface area contributed by atoms with Crippen LogP contribution in [0.5, 0.6) is 0 Å². The Morgan fingerprint density at radius 1 is 1.43 bits per heavy atom. The number of ether oxygens (including phenoxy) is 1. The van der Waals surface area contributed by atoms with E-state index in [0.29, 0.717) is 13.3 Å². The molecule has 2 N–H and O–H groups in total. The first-order valence-electron chi connectivity index (χ1n) is 7.25. The molecule has 0 radical (unpaired) electrons. The lowest BCUT2D eigenvalue weighted by atomic mass is 10.0. The van der Waals surface area contributed by atoms with Crippen LogP contribution in [0, 0.1) is 0 Å². The fourth-order valence-corrected chi connectivity index (χ4v) is 2.65. The number of hydrogen-bond acceptors (Lipinski definition) is 4. The van der Waals surface area contributed by atoms with E-state index in [-0.39, 0.29) is 11.8 Å². The van der Waals surface area contributed by atoms with E-state index in [1.54, 1.807) is 0 Å². The van der Waals surface area contributed by atoms with Crippen LogP contribution < -0.4 is 5.32 Å². The number of rotatable bonds is 5. The zero-order valence-corrected chi connectivity index (χ0v) is 12.5. The molecule has 0 saturated carbocycles. The Morgan fingerprint density at radius 3 is 3.00 bits per heavy atom. The number of aromatic nitrogens is 1. The smallest absolute Gasteiger partial charge is 0.182 e. The molecule has 1 atom stereocenters. The van der Waals surface area contributed by atoms with Gasteiger partial charge in [0.2, 0.25) is 0 Å². The molecule has 1 aliphatic heterocycles. The number of carbonyl (C=O) groups excluding carboxylic acids is 1. The first-order chi connectivity index (χ1) is 10.1. The molecule has 0 spiro atoms. The lowest BCUT2D eigenvalue weighted by Gasteiger charge is -2.09. The number of H-pyrrole nitrogens is 1. The SMILES string of the molecule is CN(C)CCc1c[nH]c2ccc(C(=O)C3COCN3)cc12. The Bertz CT molecular complexity index is 642. The number of benzene rings is 1. The van der Waals surface area contributed by atoms with E-state index in [1.807, 2.05) is 24.4 Å². The van der Waals surface area contributed by atoms with Gasteiger partial charge in [-0.3, -0.25) is 10.1 Å². The van der Waals surface area contributed by atoms with Crippen LogP contribution in [0.1, 0.15) is 15.9 Å². The number of fused-ring (bicyclic) bond motifs is 1. The van der Waals surface area contributed by atoms with Gasteiger partial charge in [0, 0.05) is 29.2 Å². The van der Waals surface area contributed by atoms with Crippen molar-refractivity contribution in [2.45, 2.75) is 12.5 Å². The molecule has 2 aromatic rings. The molecule has 21 heavy (non-hydrogen) atoms. The molecule has 1 unspecified atom stereocenters. The lowest BCUT2D eigenvalue weighted by molar-refractivity contribution is 0.0942. The second kappa shape index (κ2) is 5.97. The molecule has 112 valence electrons. The third kappa shape index (κ3) is 3.00. The van der Waals surface area contributed by atoms with Crippen molar-refractivity contribution in [1.82, 2.24) is 15.2 Å². The Hall–Kier alpha value is -1.69. The number of hydrogen-bond donors (Lipinski definition) is 2. The van der Waals surface area contributed by atoms with Crippen molar-refractivity contribution in [2.75, 3.05) is 34.0 Å². The first kappa shape index (κ1) is 14.3. The maximum atomic E-state index is 12.4. The fourth-order valence-electron chi connectivity index (χ4n) is 2.65. The number of nitrogens with zero attached hydrogens (tertiary/aromatic N) is 1. The number of aromatic amines is 1. The summed E-state index contributed by atoms with van der Waals surface area (Å²) in [5.74, 6) is 0.106. The summed E-state index contributed by atoms with van der Waals surface area (Å²) in [6, 6.07) is 5.65. The van der Waals surface area contributed by atoms with E-state index in [2.05, 4.69) is 29.3 Å². The number of carbonyl (C=O) groups is 1. The minimum atomic E-state index is -0.216. The molecule has 1 aromatic heterocycles. The number of Topliss-reactive ketones (excluding diaryl/α,β-unsaturated/α-hetero) is 1. The van der Waals surface area contributed by atoms with Crippen LogP contribution in [0.3, 0.4) is 0 Å². The molecular formula is C16H21N3O2. The Labute approximate surface area is 124 Å². The van der Waals surface area contributed by atoms with E-state index < -0.39 is 0 Å². The van der Waals surface area contributed by atoms with E-state index >= 15 is 0 Å². The van der Waals surface area contributed by atoms with Crippen LogP contribution in [0.2, 0.25) is 0 Å². The minimum Gasteiger partial charge on any atom is -0.364 e. The molecule has 5 heteroatoms. The van der Waals surface area contributed by atoms with Gasteiger partial charge >= 0.3 is 0 Å². The number of nitrogens with one attached hydrogen (secondary N) is 2. The minimum absolute atomic E-state index is 0.106. The summed E-state index contributed by atoms with van der Waals surface area (Å²) in [7, 11) is 4.13. The predicted octanol–water partition coefficient (Wildman–Crippen LogP) is 1.40. The summed E-state index contributed by atoms with van der Waals surface area (Å²) in [4.78, 5) is 17.9. The number of likely N-dealkylation sites (N-methyl/N-ethyl adjacent to an activating group) is 1. The highest BCUT2D eigenvalue weighted by Crippen LogP contribution is 2.21. The summed E-state index contributed by atoms with van der Waals surface area (Å²) in [6.45, 7) is 1.90. The largest absolute Gasteiger partial charge is 0.364 e. The van der Waals surface area contributed by atoms with E-state index in [0.717, 1.165) is 29.4 Å². The highest BCUT2D eigenvalue weighted by molar-refractivity contribution is 6.03. The monoisotopic (exact) mass is 287 g/mol. The molecular weight excluding hydrogens is 266 g/mol. The van der Waals surface area contributed by atoms with Crippen LogP contribution in [-0.4, -0.2) is 55.7 Å². The van der Waals surface area contributed by atoms with Crippen molar-refractivity contribution in [3.05, 3.63) is 35.5 Å². The molecule has 3 rings (SSSR count). The van der Waals surface area contributed by atoms with Crippen LogP contribution in [0.15, 0.2) is 24.4 Å². The van der Waals surface area contributed by atoms with Crippen molar-refractivity contribution in [2.24, 2.45) is 0 Å². The summed E-state index contributed by atoms with van der Waals surface area (Å²) in [5, 5.41) is 4.21. The molecule has 5 nitrogen and oxygen atoms in total. The first-order valence-corrected chi connectivity index (χ1v) is 7.25. The molecule has 1 aromatic carbocycles. The zero-order valence-electron chi connectivity index (χ0n) is 12.5. The third-order valence-electron chi connectivity index (χ3n) is 3.91. The van der Waals surface area contributed by atoms with Gasteiger partial charge in [0.05, 0.1) is 19.4 Å². The van der Waals surface area contributed by atoms with Crippen molar-refractivity contribution in [1.29, 1.82) is 0 Å². The van der Waals surface area contributed by atoms with Crippen molar-refractivity contribution in [3.63, 3.8) is 0 Å². The highest BCUT2D eigenvalue weighted by Gasteiger charge is 2.24. The maximum Gasteiger partial charge on any atom is 0.182 e. The van der Waals surface area contributed by atoms with Crippen LogP contribution in [-0.2, 0) is 11.2 Å². The highest BCUT2D eigenvalue weighted by atomic mass is 16.5. The molecule has 2 heterocycles. The Kier molecular flexibility index (Phi) is 4.05. The molecule has 0 aliphatic carbocycles. The topological polar surface area (TPSA) is 57.4 Å². The fraction of sp³-hybridized carbons (Fsp3) is 0.438. The standard InChI is InChI=1S/C16H21N3O2/c1-19(2)6-5-12-8-17-14-4-3-11(7-13(12)14)16(20)15-9-21-10-18-15/h3-4,7-8,15,17-18H,5-6,9-10H2,1-2H3. The van der Waals surface area contributed by atoms with E-state index in [9.17, 15) is 4.79 Å². The average molecular weight is 287 g/mol. The normalized spacial score (nSPS) is 18.7. The molecule has 1 fully saturated rings. The average Bonchev–Trinajstić information content (AvgIpc) is 3.13. The van der Waals surface area contributed by atoms with Gasteiger partial charge in [-0.15, -0.1) is 0 Å². The summed E-state index contributed by atoms with van der Waals surface area (Å²) < 4.78 is 5.22. The van der Waals surface area contributed by atoms with E-state index in [4.69, 9.17) is 4.74 Å². The van der Waals surface area contributed by atoms with Crippen molar-refractivity contribution >= 4 is 16.7 Å². The van der Waals surface area contributed by atoms with Crippen molar-refractivity contribution < 1.29 is 9.53 Å². The maximum absolute atomic E-state index is 12.4. The van der Waals surface area contributed by atoms with Crippen molar-refractivity contribution in [3.8, 4) is 0 Å². The quantitative estimate of drug-likeness (QED) is 0.816. The van der Waals surface area contributed by atoms with Crippen LogP contribution >= 0.6 is 0 Å². The third-order valence-corrected chi connectivity index (χ3v) is 3.91. The summed E-state index contributed by atoms with van der Waals surface area (Å²) in [5.41, 5.74) is 3.08. The van der Waals surface area contributed by atoms with Gasteiger partial charge in [0.15, 0.2) is 5.78 Å². The molecule has 0 bridgehead atoms. The van der Waals surface area contributed by atoms with Crippen LogP contribution in [0.4, 0.5) is 0 Å². The van der Waals surface area contributed by atoms with Gasteiger partial charge in [0.25, 0.3) is 0 Å². The molecule has 1 aliphatic rings.